The molecule has 1 aliphatic rings. The van der Waals surface area contributed by atoms with E-state index < -0.39 is 0 Å². The van der Waals surface area contributed by atoms with Crippen LogP contribution >= 0.6 is 35.0 Å². The molecule has 0 N–H and O–H groups in total. The van der Waals surface area contributed by atoms with Gasteiger partial charge in [0.25, 0.3) is 0 Å². The van der Waals surface area contributed by atoms with Crippen LogP contribution in [0, 0.1) is 0 Å². The highest BCUT2D eigenvalue weighted by molar-refractivity contribution is 7.98. The lowest BCUT2D eigenvalue weighted by molar-refractivity contribution is 0.0330. The monoisotopic (exact) mass is 419 g/mol. The molecule has 1 saturated heterocycles. The predicted octanol–water partition coefficient (Wildman–Crippen LogP) is 5.06. The highest BCUT2D eigenvalue weighted by atomic mass is 35.5. The van der Waals surface area contributed by atoms with Crippen molar-refractivity contribution < 1.29 is 4.74 Å². The summed E-state index contributed by atoms with van der Waals surface area (Å²) in [7, 11) is 0. The number of nitrogens with zero attached hydrogens (tertiary/aromatic N) is 3. The number of halogens is 2. The zero-order chi connectivity index (χ0) is 18.6. The molecule has 0 radical (unpaired) electrons. The summed E-state index contributed by atoms with van der Waals surface area (Å²) in [6.07, 6.45) is 0. The van der Waals surface area contributed by atoms with Gasteiger partial charge in [0.05, 0.1) is 35.3 Å². The zero-order valence-corrected chi connectivity index (χ0v) is 17.0. The lowest BCUT2D eigenvalue weighted by Crippen LogP contribution is -2.36. The Hall–Kier alpha value is -1.37. The maximum absolute atomic E-state index is 6.14. The summed E-state index contributed by atoms with van der Waals surface area (Å²) in [5.74, 6) is 1.63. The predicted molar refractivity (Wildman–Crippen MR) is 112 cm³/mol. The number of benzene rings is 2. The van der Waals surface area contributed by atoms with Crippen molar-refractivity contribution in [2.45, 2.75) is 17.3 Å². The van der Waals surface area contributed by atoms with E-state index >= 15 is 0 Å². The second kappa shape index (κ2) is 8.76. The topological polar surface area (TPSA) is 38.2 Å². The van der Waals surface area contributed by atoms with Gasteiger partial charge in [-0.3, -0.25) is 4.90 Å². The van der Waals surface area contributed by atoms with Crippen LogP contribution in [0.25, 0.3) is 10.9 Å². The molecule has 0 unspecified atom stereocenters. The van der Waals surface area contributed by atoms with Gasteiger partial charge in [-0.15, -0.1) is 11.8 Å². The molecule has 0 atom stereocenters. The fourth-order valence-electron chi connectivity index (χ4n) is 3.01. The van der Waals surface area contributed by atoms with Crippen molar-refractivity contribution >= 4 is 45.9 Å². The molecule has 27 heavy (non-hydrogen) atoms. The van der Waals surface area contributed by atoms with Gasteiger partial charge in [-0.05, 0) is 23.8 Å². The number of hydrogen-bond donors (Lipinski definition) is 0. The highest BCUT2D eigenvalue weighted by Gasteiger charge is 2.15. The quantitative estimate of drug-likeness (QED) is 0.426. The number of rotatable bonds is 5. The number of morpholine rings is 1. The first-order chi connectivity index (χ1) is 13.2. The van der Waals surface area contributed by atoms with Crippen molar-refractivity contribution in [2.75, 3.05) is 26.3 Å². The van der Waals surface area contributed by atoms with Gasteiger partial charge in [-0.25, -0.2) is 9.97 Å². The Morgan fingerprint density at radius 2 is 1.81 bits per heavy atom. The molecule has 0 saturated carbocycles. The van der Waals surface area contributed by atoms with Gasteiger partial charge in [0.2, 0.25) is 0 Å². The fraction of sp³-hybridized carbons (Fsp3) is 0.300. The molecule has 4 rings (SSSR count). The summed E-state index contributed by atoms with van der Waals surface area (Å²) in [5, 5.41) is 3.23. The number of thioether (sulfide) groups is 1. The standard InChI is InChI=1S/C20H19Cl2N3OS/c21-16-6-5-14(11-17(16)22)13-27-20-15-3-1-2-4-18(15)23-19(24-20)12-25-7-9-26-10-8-25/h1-6,11H,7-10,12-13H2. The third-order valence-corrected chi connectivity index (χ3v) is 6.24. The summed E-state index contributed by atoms with van der Waals surface area (Å²) in [6, 6.07) is 13.9. The number of aromatic nitrogens is 2. The van der Waals surface area contributed by atoms with Crippen LogP contribution in [0.1, 0.15) is 11.4 Å². The summed E-state index contributed by atoms with van der Waals surface area (Å²) in [5.41, 5.74) is 2.10. The number of para-hydroxylation sites is 1. The average Bonchev–Trinajstić information content (AvgIpc) is 2.69. The van der Waals surface area contributed by atoms with Crippen LogP contribution in [0.4, 0.5) is 0 Å². The third-order valence-electron chi connectivity index (χ3n) is 4.44. The zero-order valence-electron chi connectivity index (χ0n) is 14.7. The molecule has 3 aromatic rings. The van der Waals surface area contributed by atoms with E-state index in [-0.39, 0.29) is 0 Å². The van der Waals surface area contributed by atoms with E-state index in [1.54, 1.807) is 11.8 Å². The van der Waals surface area contributed by atoms with E-state index in [1.165, 1.54) is 0 Å². The molecule has 0 aliphatic carbocycles. The minimum Gasteiger partial charge on any atom is -0.379 e. The summed E-state index contributed by atoms with van der Waals surface area (Å²) >= 11 is 13.9. The van der Waals surface area contributed by atoms with Crippen molar-refractivity contribution in [2.24, 2.45) is 0 Å². The molecule has 4 nitrogen and oxygen atoms in total. The Kier molecular flexibility index (Phi) is 6.15. The summed E-state index contributed by atoms with van der Waals surface area (Å²) < 4.78 is 5.43. The molecular formula is C20H19Cl2N3OS. The maximum Gasteiger partial charge on any atom is 0.144 e. The van der Waals surface area contributed by atoms with Crippen molar-refractivity contribution in [1.29, 1.82) is 0 Å². The van der Waals surface area contributed by atoms with Gasteiger partial charge in [-0.1, -0.05) is 47.5 Å². The molecule has 1 fully saturated rings. The van der Waals surface area contributed by atoms with Crippen LogP contribution in [0.3, 0.4) is 0 Å². The lowest BCUT2D eigenvalue weighted by atomic mass is 10.2. The SMILES string of the molecule is Clc1ccc(CSc2nc(CN3CCOCC3)nc3ccccc23)cc1Cl. The first-order valence-corrected chi connectivity index (χ1v) is 10.6. The largest absolute Gasteiger partial charge is 0.379 e. The first-order valence-electron chi connectivity index (χ1n) is 8.81. The fourth-order valence-corrected chi connectivity index (χ4v) is 4.32. The van der Waals surface area contributed by atoms with Crippen molar-refractivity contribution in [3.8, 4) is 0 Å². The van der Waals surface area contributed by atoms with Gasteiger partial charge < -0.3 is 4.74 Å². The van der Waals surface area contributed by atoms with Crippen LogP contribution in [0.15, 0.2) is 47.5 Å². The summed E-state index contributed by atoms with van der Waals surface area (Å²) in [6.45, 7) is 4.12. The molecular weight excluding hydrogens is 401 g/mol. The Morgan fingerprint density at radius 3 is 2.63 bits per heavy atom. The minimum atomic E-state index is 0.575. The smallest absolute Gasteiger partial charge is 0.144 e. The number of fused-ring (bicyclic) bond motifs is 1. The highest BCUT2D eigenvalue weighted by Crippen LogP contribution is 2.30. The van der Waals surface area contributed by atoms with Gasteiger partial charge >= 0.3 is 0 Å². The van der Waals surface area contributed by atoms with Crippen molar-refractivity contribution in [3.63, 3.8) is 0 Å². The van der Waals surface area contributed by atoms with Gasteiger partial charge in [0.15, 0.2) is 0 Å². The molecule has 2 heterocycles. The van der Waals surface area contributed by atoms with Crippen LogP contribution < -0.4 is 0 Å². The second-order valence-electron chi connectivity index (χ2n) is 6.39. The third kappa shape index (κ3) is 4.73. The van der Waals surface area contributed by atoms with E-state index in [0.29, 0.717) is 10.0 Å². The molecule has 0 amide bonds. The van der Waals surface area contributed by atoms with E-state index in [4.69, 9.17) is 37.9 Å². The molecule has 1 aliphatic heterocycles. The molecule has 1 aromatic heterocycles. The second-order valence-corrected chi connectivity index (χ2v) is 8.17. The number of ether oxygens (including phenoxy) is 1. The Morgan fingerprint density at radius 1 is 1.00 bits per heavy atom. The Bertz CT molecular complexity index is 948. The van der Waals surface area contributed by atoms with Gasteiger partial charge in [0, 0.05) is 24.2 Å². The number of hydrogen-bond acceptors (Lipinski definition) is 5. The molecule has 0 spiro atoms. The van der Waals surface area contributed by atoms with Gasteiger partial charge in [0.1, 0.15) is 10.9 Å². The van der Waals surface area contributed by atoms with Crippen molar-refractivity contribution in [1.82, 2.24) is 14.9 Å². The Labute approximate surface area is 172 Å². The normalized spacial score (nSPS) is 15.3. The van der Waals surface area contributed by atoms with Crippen LogP contribution in [-0.2, 0) is 17.0 Å². The first kappa shape index (κ1) is 19.0. The maximum atomic E-state index is 6.14. The lowest BCUT2D eigenvalue weighted by Gasteiger charge is -2.25. The van der Waals surface area contributed by atoms with Crippen LogP contribution in [0.2, 0.25) is 10.0 Å². The van der Waals surface area contributed by atoms with Gasteiger partial charge in [-0.2, -0.15) is 0 Å². The minimum absolute atomic E-state index is 0.575. The van der Waals surface area contributed by atoms with Crippen LogP contribution in [-0.4, -0.2) is 41.2 Å². The summed E-state index contributed by atoms with van der Waals surface area (Å²) in [4.78, 5) is 12.0. The molecule has 2 aromatic carbocycles. The average molecular weight is 420 g/mol. The van der Waals surface area contributed by atoms with E-state index in [9.17, 15) is 0 Å². The molecule has 140 valence electrons. The van der Waals surface area contributed by atoms with Crippen LogP contribution in [0.5, 0.6) is 0 Å². The van der Waals surface area contributed by atoms with Crippen molar-refractivity contribution in [3.05, 3.63) is 63.9 Å². The van der Waals surface area contributed by atoms with E-state index in [1.807, 2.05) is 36.4 Å². The Balaban J connectivity index is 1.58. The molecule has 7 heteroatoms. The molecule has 0 bridgehead atoms. The van der Waals surface area contributed by atoms with E-state index in [0.717, 1.165) is 65.9 Å². The van der Waals surface area contributed by atoms with E-state index in [2.05, 4.69) is 11.0 Å².